The molecule has 1 aliphatic rings. The Kier molecular flexibility index (Phi) is 4.54. The molecule has 4 nitrogen and oxygen atoms in total. The van der Waals surface area contributed by atoms with E-state index in [1.54, 1.807) is 4.90 Å². The lowest BCUT2D eigenvalue weighted by Gasteiger charge is -2.30. The van der Waals surface area contributed by atoms with Gasteiger partial charge in [-0.1, -0.05) is 6.92 Å². The quantitative estimate of drug-likeness (QED) is 0.708. The maximum Gasteiger partial charge on any atom is 0.313 e. The molecule has 17 heavy (non-hydrogen) atoms. The standard InChI is InChI=1S/C13H23NO3/c1-10-5-6-11(15)14(8-7-10)9-13(2,3)12(16)17-4/h10H,5-9H2,1-4H3. The number of carbonyl (C=O) groups excluding carboxylic acids is 2. The maximum atomic E-state index is 11.9. The van der Waals surface area contributed by atoms with Crippen LogP contribution in [0, 0.1) is 11.3 Å². The molecule has 1 amide bonds. The molecule has 0 N–H and O–H groups in total. The summed E-state index contributed by atoms with van der Waals surface area (Å²) in [4.78, 5) is 25.3. The van der Waals surface area contributed by atoms with Gasteiger partial charge in [0.05, 0.1) is 12.5 Å². The maximum absolute atomic E-state index is 11.9. The predicted octanol–water partition coefficient (Wildman–Crippen LogP) is 1.83. The highest BCUT2D eigenvalue weighted by atomic mass is 16.5. The summed E-state index contributed by atoms with van der Waals surface area (Å²) in [5.41, 5.74) is -0.627. The van der Waals surface area contributed by atoms with Crippen molar-refractivity contribution >= 4 is 11.9 Å². The number of nitrogens with zero attached hydrogens (tertiary/aromatic N) is 1. The summed E-state index contributed by atoms with van der Waals surface area (Å²) in [7, 11) is 1.39. The summed E-state index contributed by atoms with van der Waals surface area (Å²) in [6, 6.07) is 0. The molecule has 98 valence electrons. The van der Waals surface area contributed by atoms with Gasteiger partial charge in [0.25, 0.3) is 0 Å². The van der Waals surface area contributed by atoms with Gasteiger partial charge < -0.3 is 9.64 Å². The van der Waals surface area contributed by atoms with Gasteiger partial charge in [0, 0.05) is 19.5 Å². The number of likely N-dealkylation sites (tertiary alicyclic amines) is 1. The number of hydrogen-bond acceptors (Lipinski definition) is 3. The van der Waals surface area contributed by atoms with Crippen LogP contribution in [0.2, 0.25) is 0 Å². The van der Waals surface area contributed by atoms with Crippen molar-refractivity contribution in [2.75, 3.05) is 20.2 Å². The first kappa shape index (κ1) is 14.0. The van der Waals surface area contributed by atoms with Crippen LogP contribution in [0.25, 0.3) is 0 Å². The first-order chi connectivity index (χ1) is 7.86. The van der Waals surface area contributed by atoms with Gasteiger partial charge in [0.2, 0.25) is 5.91 Å². The van der Waals surface area contributed by atoms with E-state index in [4.69, 9.17) is 4.74 Å². The van der Waals surface area contributed by atoms with Crippen molar-refractivity contribution in [3.63, 3.8) is 0 Å². The SMILES string of the molecule is COC(=O)C(C)(C)CN1CCC(C)CCC1=O. The Labute approximate surface area is 103 Å². The van der Waals surface area contributed by atoms with Gasteiger partial charge in [-0.2, -0.15) is 0 Å². The second kappa shape index (κ2) is 5.52. The molecule has 1 aliphatic heterocycles. The fourth-order valence-electron chi connectivity index (χ4n) is 2.16. The third-order valence-electron chi connectivity index (χ3n) is 3.42. The largest absolute Gasteiger partial charge is 0.469 e. The third-order valence-corrected chi connectivity index (χ3v) is 3.42. The molecule has 1 atom stereocenters. The molecule has 1 unspecified atom stereocenters. The van der Waals surface area contributed by atoms with Crippen LogP contribution >= 0.6 is 0 Å². The van der Waals surface area contributed by atoms with E-state index >= 15 is 0 Å². The number of carbonyl (C=O) groups is 2. The summed E-state index contributed by atoms with van der Waals surface area (Å²) >= 11 is 0. The molecule has 0 bridgehead atoms. The normalized spacial score (nSPS) is 22.2. The Morgan fingerprint density at radius 1 is 1.47 bits per heavy atom. The van der Waals surface area contributed by atoms with E-state index in [1.807, 2.05) is 13.8 Å². The Bertz CT molecular complexity index is 299. The molecular formula is C13H23NO3. The lowest BCUT2D eigenvalue weighted by Crippen LogP contribution is -2.42. The van der Waals surface area contributed by atoms with Gasteiger partial charge in [-0.3, -0.25) is 9.59 Å². The van der Waals surface area contributed by atoms with Crippen molar-refractivity contribution in [3.05, 3.63) is 0 Å². The van der Waals surface area contributed by atoms with Crippen molar-refractivity contribution in [3.8, 4) is 0 Å². The fourth-order valence-corrected chi connectivity index (χ4v) is 2.16. The second-order valence-electron chi connectivity index (χ2n) is 5.62. The molecule has 4 heteroatoms. The minimum atomic E-state index is -0.627. The highest BCUT2D eigenvalue weighted by Gasteiger charge is 2.33. The lowest BCUT2D eigenvalue weighted by molar-refractivity contribution is -0.152. The Morgan fingerprint density at radius 2 is 2.12 bits per heavy atom. The lowest BCUT2D eigenvalue weighted by atomic mass is 9.93. The summed E-state index contributed by atoms with van der Waals surface area (Å²) in [5, 5.41) is 0. The zero-order valence-electron chi connectivity index (χ0n) is 11.3. The summed E-state index contributed by atoms with van der Waals surface area (Å²) in [5.74, 6) is 0.485. The van der Waals surface area contributed by atoms with Crippen molar-refractivity contribution in [2.45, 2.75) is 40.0 Å². The topological polar surface area (TPSA) is 46.6 Å². The zero-order valence-corrected chi connectivity index (χ0v) is 11.3. The minimum Gasteiger partial charge on any atom is -0.469 e. The third kappa shape index (κ3) is 3.72. The highest BCUT2D eigenvalue weighted by Crippen LogP contribution is 2.23. The van der Waals surface area contributed by atoms with Crippen molar-refractivity contribution in [1.29, 1.82) is 0 Å². The molecule has 0 saturated carbocycles. The van der Waals surface area contributed by atoms with Crippen molar-refractivity contribution in [1.82, 2.24) is 4.90 Å². The van der Waals surface area contributed by atoms with Crippen molar-refractivity contribution in [2.24, 2.45) is 11.3 Å². The minimum absolute atomic E-state index is 0.159. The van der Waals surface area contributed by atoms with Crippen LogP contribution in [-0.4, -0.2) is 37.0 Å². The zero-order chi connectivity index (χ0) is 13.1. The molecule has 1 fully saturated rings. The molecule has 1 saturated heterocycles. The van der Waals surface area contributed by atoms with Crippen LogP contribution in [0.1, 0.15) is 40.0 Å². The van der Waals surface area contributed by atoms with Gasteiger partial charge in [-0.25, -0.2) is 0 Å². The average Bonchev–Trinajstić information content (AvgIpc) is 2.43. The van der Waals surface area contributed by atoms with Crippen LogP contribution in [0.15, 0.2) is 0 Å². The number of amides is 1. The molecule has 0 radical (unpaired) electrons. The second-order valence-corrected chi connectivity index (χ2v) is 5.62. The highest BCUT2D eigenvalue weighted by molar-refractivity contribution is 5.79. The van der Waals surface area contributed by atoms with E-state index in [2.05, 4.69) is 6.92 Å². The average molecular weight is 241 g/mol. The summed E-state index contributed by atoms with van der Waals surface area (Å²) < 4.78 is 4.77. The molecule has 0 aromatic rings. The molecule has 0 aromatic heterocycles. The molecular weight excluding hydrogens is 218 g/mol. The first-order valence-electron chi connectivity index (χ1n) is 6.23. The fraction of sp³-hybridized carbons (Fsp3) is 0.846. The molecule has 0 spiro atoms. The number of rotatable bonds is 3. The van der Waals surface area contributed by atoms with E-state index in [0.29, 0.717) is 18.9 Å². The van der Waals surface area contributed by atoms with Gasteiger partial charge in [-0.15, -0.1) is 0 Å². The van der Waals surface area contributed by atoms with E-state index in [9.17, 15) is 9.59 Å². The predicted molar refractivity (Wildman–Crippen MR) is 65.4 cm³/mol. The van der Waals surface area contributed by atoms with Crippen LogP contribution < -0.4 is 0 Å². The van der Waals surface area contributed by atoms with Gasteiger partial charge in [0.1, 0.15) is 0 Å². The van der Waals surface area contributed by atoms with E-state index < -0.39 is 5.41 Å². The number of esters is 1. The molecule has 1 heterocycles. The number of hydrogen-bond donors (Lipinski definition) is 0. The smallest absolute Gasteiger partial charge is 0.313 e. The van der Waals surface area contributed by atoms with E-state index in [0.717, 1.165) is 19.4 Å². The first-order valence-corrected chi connectivity index (χ1v) is 6.23. The van der Waals surface area contributed by atoms with Gasteiger partial charge in [0.15, 0.2) is 0 Å². The molecule has 0 aliphatic carbocycles. The van der Waals surface area contributed by atoms with Crippen molar-refractivity contribution < 1.29 is 14.3 Å². The number of ether oxygens (including phenoxy) is 1. The van der Waals surface area contributed by atoms with Crippen LogP contribution in [0.3, 0.4) is 0 Å². The van der Waals surface area contributed by atoms with Crippen LogP contribution in [-0.2, 0) is 14.3 Å². The Balaban J connectivity index is 2.66. The van der Waals surface area contributed by atoms with Crippen LogP contribution in [0.5, 0.6) is 0 Å². The van der Waals surface area contributed by atoms with Gasteiger partial charge >= 0.3 is 5.97 Å². The summed E-state index contributed by atoms with van der Waals surface area (Å²) in [6.07, 6.45) is 2.56. The molecule has 1 rings (SSSR count). The Morgan fingerprint density at radius 3 is 2.71 bits per heavy atom. The summed E-state index contributed by atoms with van der Waals surface area (Å²) in [6.45, 7) is 7.01. The van der Waals surface area contributed by atoms with Gasteiger partial charge in [-0.05, 0) is 32.6 Å². The van der Waals surface area contributed by atoms with Crippen LogP contribution in [0.4, 0.5) is 0 Å². The molecule has 0 aromatic carbocycles. The van der Waals surface area contributed by atoms with E-state index in [-0.39, 0.29) is 11.9 Å². The monoisotopic (exact) mass is 241 g/mol. The number of methoxy groups -OCH3 is 1. The Hall–Kier alpha value is -1.06. The van der Waals surface area contributed by atoms with E-state index in [1.165, 1.54) is 7.11 Å².